The molecule has 60 valence electrons. The molecule has 1 aliphatic carbocycles. The Morgan fingerprint density at radius 3 is 3.00 bits per heavy atom. The summed E-state index contributed by atoms with van der Waals surface area (Å²) in [6.45, 7) is 0. The minimum absolute atomic E-state index is 0.564. The predicted molar refractivity (Wildman–Crippen MR) is 43.3 cm³/mol. The number of carbonyl (C=O) groups is 1. The van der Waals surface area contributed by atoms with E-state index in [9.17, 15) is 4.79 Å². The average molecular weight is 152 g/mol. The summed E-state index contributed by atoms with van der Waals surface area (Å²) in [7, 11) is 0. The van der Waals surface area contributed by atoms with Gasteiger partial charge in [-0.25, -0.2) is 4.79 Å². The summed E-state index contributed by atoms with van der Waals surface area (Å²) < 4.78 is 0. The molecule has 0 atom stereocenters. The number of hydrogen-bond acceptors (Lipinski definition) is 1. The molecule has 0 fully saturated rings. The molecule has 1 aliphatic rings. The van der Waals surface area contributed by atoms with Crippen molar-refractivity contribution < 1.29 is 9.90 Å². The van der Waals surface area contributed by atoms with Crippen LogP contribution in [0.5, 0.6) is 0 Å². The second-order valence-electron chi connectivity index (χ2n) is 2.63. The Morgan fingerprint density at radius 1 is 1.45 bits per heavy atom. The lowest BCUT2D eigenvalue weighted by Gasteiger charge is -2.02. The molecule has 1 N–H and O–H groups in total. The minimum atomic E-state index is -0.764. The van der Waals surface area contributed by atoms with Crippen LogP contribution in [0.15, 0.2) is 23.8 Å². The molecule has 0 radical (unpaired) electrons. The van der Waals surface area contributed by atoms with E-state index >= 15 is 0 Å². The first-order valence-corrected chi connectivity index (χ1v) is 3.88. The van der Waals surface area contributed by atoms with Crippen molar-refractivity contribution in [2.75, 3.05) is 0 Å². The van der Waals surface area contributed by atoms with Gasteiger partial charge in [-0.3, -0.25) is 0 Å². The zero-order chi connectivity index (χ0) is 8.10. The third kappa shape index (κ3) is 2.58. The van der Waals surface area contributed by atoms with Crippen molar-refractivity contribution in [3.63, 3.8) is 0 Å². The van der Waals surface area contributed by atoms with E-state index < -0.39 is 5.97 Å². The van der Waals surface area contributed by atoms with E-state index in [-0.39, 0.29) is 0 Å². The summed E-state index contributed by atoms with van der Waals surface area (Å²) in [6.07, 6.45) is 9.34. The molecular formula is C9H12O2. The summed E-state index contributed by atoms with van der Waals surface area (Å²) >= 11 is 0. The third-order valence-electron chi connectivity index (χ3n) is 1.76. The second kappa shape index (κ2) is 3.96. The fourth-order valence-electron chi connectivity index (χ4n) is 1.13. The van der Waals surface area contributed by atoms with Crippen LogP contribution in [0.3, 0.4) is 0 Å². The largest absolute Gasteiger partial charge is 0.478 e. The Labute approximate surface area is 66.2 Å². The van der Waals surface area contributed by atoms with Crippen LogP contribution in [-0.2, 0) is 4.79 Å². The normalized spacial score (nSPS) is 26.0. The monoisotopic (exact) mass is 152 g/mol. The molecule has 0 saturated carbocycles. The quantitative estimate of drug-likeness (QED) is 0.584. The van der Waals surface area contributed by atoms with E-state index in [1.54, 1.807) is 6.08 Å². The van der Waals surface area contributed by atoms with E-state index in [4.69, 9.17) is 5.11 Å². The van der Waals surface area contributed by atoms with Crippen molar-refractivity contribution in [1.29, 1.82) is 0 Å². The van der Waals surface area contributed by atoms with Crippen molar-refractivity contribution in [3.05, 3.63) is 23.8 Å². The molecule has 2 heteroatoms. The van der Waals surface area contributed by atoms with Crippen LogP contribution < -0.4 is 0 Å². The highest BCUT2D eigenvalue weighted by Gasteiger charge is 2.05. The number of carboxylic acids is 1. The number of carboxylic acid groups (broad SMARTS) is 1. The highest BCUT2D eigenvalue weighted by molar-refractivity contribution is 5.86. The first-order valence-electron chi connectivity index (χ1n) is 3.88. The van der Waals surface area contributed by atoms with Crippen LogP contribution in [0.2, 0.25) is 0 Å². The van der Waals surface area contributed by atoms with Gasteiger partial charge >= 0.3 is 5.97 Å². The van der Waals surface area contributed by atoms with Gasteiger partial charge in [0.25, 0.3) is 0 Å². The van der Waals surface area contributed by atoms with E-state index in [1.165, 1.54) is 0 Å². The Bertz CT molecular complexity index is 202. The van der Waals surface area contributed by atoms with Crippen molar-refractivity contribution in [2.45, 2.75) is 25.7 Å². The Hall–Kier alpha value is -1.05. The maximum absolute atomic E-state index is 10.5. The fraction of sp³-hybridized carbons (Fsp3) is 0.444. The van der Waals surface area contributed by atoms with E-state index in [0.29, 0.717) is 12.0 Å². The second-order valence-corrected chi connectivity index (χ2v) is 2.63. The Kier molecular flexibility index (Phi) is 2.90. The standard InChI is InChI=1S/C9H12O2/c10-9(11)8-6-4-2-1-3-5-7-8/h1-2,6H,3-5,7H2,(H,10,11)/b2-1-,8-6+. The van der Waals surface area contributed by atoms with Gasteiger partial charge in [-0.1, -0.05) is 18.2 Å². The number of rotatable bonds is 1. The lowest BCUT2D eigenvalue weighted by Crippen LogP contribution is -2.01. The first-order chi connectivity index (χ1) is 5.30. The summed E-state index contributed by atoms with van der Waals surface area (Å²) in [6, 6.07) is 0. The van der Waals surface area contributed by atoms with E-state index in [2.05, 4.69) is 6.08 Å². The lowest BCUT2D eigenvalue weighted by molar-refractivity contribution is -0.132. The molecule has 2 nitrogen and oxygen atoms in total. The lowest BCUT2D eigenvalue weighted by atomic mass is 10.0. The molecule has 0 saturated heterocycles. The smallest absolute Gasteiger partial charge is 0.331 e. The predicted octanol–water partition coefficient (Wildman–Crippen LogP) is 2.13. The highest BCUT2D eigenvalue weighted by atomic mass is 16.4. The summed E-state index contributed by atoms with van der Waals surface area (Å²) in [5.41, 5.74) is 0.564. The van der Waals surface area contributed by atoms with Crippen LogP contribution >= 0.6 is 0 Å². The molecule has 0 bridgehead atoms. The maximum atomic E-state index is 10.5. The van der Waals surface area contributed by atoms with Gasteiger partial charge < -0.3 is 5.11 Å². The van der Waals surface area contributed by atoms with Crippen molar-refractivity contribution in [1.82, 2.24) is 0 Å². The molecule has 0 unspecified atom stereocenters. The van der Waals surface area contributed by atoms with Gasteiger partial charge in [0.2, 0.25) is 0 Å². The zero-order valence-corrected chi connectivity index (χ0v) is 6.42. The van der Waals surface area contributed by atoms with Crippen LogP contribution in [0.4, 0.5) is 0 Å². The first kappa shape index (κ1) is 8.05. The van der Waals surface area contributed by atoms with E-state index in [0.717, 1.165) is 19.3 Å². The molecule has 0 heterocycles. The van der Waals surface area contributed by atoms with Gasteiger partial charge in [-0.2, -0.15) is 0 Å². The molecule has 11 heavy (non-hydrogen) atoms. The average Bonchev–Trinajstić information content (AvgIpc) is 1.84. The highest BCUT2D eigenvalue weighted by Crippen LogP contribution is 2.12. The molecular weight excluding hydrogens is 140 g/mol. The summed E-state index contributed by atoms with van der Waals surface area (Å²) in [5, 5.41) is 8.66. The molecule has 0 amide bonds. The van der Waals surface area contributed by atoms with Crippen LogP contribution in [-0.4, -0.2) is 11.1 Å². The fourth-order valence-corrected chi connectivity index (χ4v) is 1.13. The maximum Gasteiger partial charge on any atom is 0.331 e. The molecule has 0 aliphatic heterocycles. The number of aliphatic carboxylic acids is 1. The van der Waals surface area contributed by atoms with E-state index in [1.807, 2.05) is 6.08 Å². The third-order valence-corrected chi connectivity index (χ3v) is 1.76. The van der Waals surface area contributed by atoms with Crippen molar-refractivity contribution in [2.24, 2.45) is 0 Å². The Balaban J connectivity index is 2.61. The zero-order valence-electron chi connectivity index (χ0n) is 6.42. The number of allylic oxidation sites excluding steroid dienone is 3. The van der Waals surface area contributed by atoms with Gasteiger partial charge in [-0.15, -0.1) is 0 Å². The Morgan fingerprint density at radius 2 is 2.27 bits per heavy atom. The van der Waals surface area contributed by atoms with Crippen LogP contribution in [0.25, 0.3) is 0 Å². The number of hydrogen-bond donors (Lipinski definition) is 1. The molecule has 0 aromatic carbocycles. The van der Waals surface area contributed by atoms with Crippen molar-refractivity contribution >= 4 is 5.97 Å². The molecule has 0 spiro atoms. The van der Waals surface area contributed by atoms with Crippen LogP contribution in [0, 0.1) is 0 Å². The van der Waals surface area contributed by atoms with Gasteiger partial charge in [0.1, 0.15) is 0 Å². The molecule has 0 aromatic rings. The molecule has 0 aromatic heterocycles. The van der Waals surface area contributed by atoms with Gasteiger partial charge in [0.15, 0.2) is 0 Å². The molecule has 1 rings (SSSR count). The SMILES string of the molecule is O=C(O)/C1=C/C/C=C\CCC1. The topological polar surface area (TPSA) is 37.3 Å². The van der Waals surface area contributed by atoms with Crippen molar-refractivity contribution in [3.8, 4) is 0 Å². The summed E-state index contributed by atoms with van der Waals surface area (Å²) in [5.74, 6) is -0.764. The van der Waals surface area contributed by atoms with Crippen LogP contribution in [0.1, 0.15) is 25.7 Å². The minimum Gasteiger partial charge on any atom is -0.478 e. The van der Waals surface area contributed by atoms with Gasteiger partial charge in [-0.05, 0) is 25.7 Å². The summed E-state index contributed by atoms with van der Waals surface area (Å²) in [4.78, 5) is 10.5. The van der Waals surface area contributed by atoms with Gasteiger partial charge in [0.05, 0.1) is 0 Å². The van der Waals surface area contributed by atoms with Gasteiger partial charge in [0, 0.05) is 5.57 Å².